The number of nitrogens with zero attached hydrogens (tertiary/aromatic N) is 2. The van der Waals surface area contributed by atoms with Crippen molar-refractivity contribution in [2.45, 2.75) is 19.0 Å². The van der Waals surface area contributed by atoms with Crippen LogP contribution >= 0.6 is 11.6 Å². The number of carbonyl (C=O) groups is 2. The van der Waals surface area contributed by atoms with Crippen LogP contribution in [0.5, 0.6) is 0 Å². The quantitative estimate of drug-likeness (QED) is 0.643. The van der Waals surface area contributed by atoms with Crippen LogP contribution in [0.2, 0.25) is 5.02 Å². The third-order valence-corrected chi connectivity index (χ3v) is 4.50. The molecule has 0 aliphatic rings. The summed E-state index contributed by atoms with van der Waals surface area (Å²) in [6.07, 6.45) is 1.29. The van der Waals surface area contributed by atoms with Crippen molar-refractivity contribution in [2.24, 2.45) is 0 Å². The number of esters is 1. The number of para-hydroxylation sites is 1. The van der Waals surface area contributed by atoms with Crippen molar-refractivity contribution in [3.63, 3.8) is 0 Å². The number of amides is 1. The van der Waals surface area contributed by atoms with E-state index >= 15 is 0 Å². The maximum atomic E-state index is 12.5. The third-order valence-electron chi connectivity index (χ3n) is 4.25. The van der Waals surface area contributed by atoms with Gasteiger partial charge in [-0.2, -0.15) is 0 Å². The fourth-order valence-corrected chi connectivity index (χ4v) is 2.94. The van der Waals surface area contributed by atoms with Crippen molar-refractivity contribution < 1.29 is 14.3 Å². The molecule has 1 atom stereocenters. The lowest BCUT2D eigenvalue weighted by molar-refractivity contribution is -0.141. The van der Waals surface area contributed by atoms with Crippen LogP contribution in [0.25, 0.3) is 10.9 Å². The number of fused-ring (bicyclic) bond motifs is 1. The monoisotopic (exact) mass is 399 g/mol. The Bertz CT molecular complexity index is 1060. The first-order valence-electron chi connectivity index (χ1n) is 8.53. The van der Waals surface area contributed by atoms with Crippen LogP contribution in [-0.2, 0) is 20.9 Å². The summed E-state index contributed by atoms with van der Waals surface area (Å²) in [6, 6.07) is 13.1. The molecule has 2 aromatic carbocycles. The van der Waals surface area contributed by atoms with Gasteiger partial charge >= 0.3 is 5.97 Å². The van der Waals surface area contributed by atoms with E-state index in [1.54, 1.807) is 48.5 Å². The lowest BCUT2D eigenvalue weighted by Gasteiger charge is -2.18. The first-order valence-corrected chi connectivity index (χ1v) is 8.91. The van der Waals surface area contributed by atoms with Crippen LogP contribution in [0.15, 0.2) is 59.7 Å². The Hall–Kier alpha value is -3.19. The number of aromatic nitrogens is 2. The number of rotatable bonds is 6. The van der Waals surface area contributed by atoms with Gasteiger partial charge in [0.15, 0.2) is 0 Å². The Labute approximate surface area is 165 Å². The minimum absolute atomic E-state index is 0.0469. The maximum absolute atomic E-state index is 12.5. The zero-order chi connectivity index (χ0) is 20.1. The molecule has 1 unspecified atom stereocenters. The van der Waals surface area contributed by atoms with E-state index in [-0.39, 0.29) is 18.5 Å². The third kappa shape index (κ3) is 4.55. The summed E-state index contributed by atoms with van der Waals surface area (Å²) in [5, 5.41) is 3.75. The van der Waals surface area contributed by atoms with Crippen LogP contribution in [0.3, 0.4) is 0 Å². The van der Waals surface area contributed by atoms with Gasteiger partial charge < -0.3 is 10.1 Å². The van der Waals surface area contributed by atoms with Crippen molar-refractivity contribution >= 4 is 34.4 Å². The highest BCUT2D eigenvalue weighted by Gasteiger charge is 2.19. The van der Waals surface area contributed by atoms with Gasteiger partial charge in [-0.05, 0) is 29.8 Å². The van der Waals surface area contributed by atoms with Crippen LogP contribution < -0.4 is 10.9 Å². The fourth-order valence-electron chi connectivity index (χ4n) is 2.81. The van der Waals surface area contributed by atoms with Gasteiger partial charge in [0.2, 0.25) is 5.91 Å². The van der Waals surface area contributed by atoms with E-state index in [1.165, 1.54) is 18.0 Å². The summed E-state index contributed by atoms with van der Waals surface area (Å²) in [5.74, 6) is -0.896. The molecular weight excluding hydrogens is 382 g/mol. The van der Waals surface area contributed by atoms with Crippen molar-refractivity contribution in [1.29, 1.82) is 0 Å². The molecule has 0 spiro atoms. The molecule has 0 fully saturated rings. The molecule has 1 amide bonds. The molecule has 3 aromatic rings. The van der Waals surface area contributed by atoms with Gasteiger partial charge in [-0.25, -0.2) is 4.98 Å². The lowest BCUT2D eigenvalue weighted by Crippen LogP contribution is -2.35. The standard InChI is InChI=1S/C20H18ClN3O4/c1-28-19(26)10-17(13-6-8-14(21)9-7-13)23-18(25)11-24-12-22-16-5-3-2-4-15(16)20(24)27/h2-9,12,17H,10-11H2,1H3,(H,23,25). The molecule has 7 nitrogen and oxygen atoms in total. The summed E-state index contributed by atoms with van der Waals surface area (Å²) in [7, 11) is 1.28. The number of benzene rings is 2. The molecule has 0 bridgehead atoms. The molecule has 28 heavy (non-hydrogen) atoms. The van der Waals surface area contributed by atoms with E-state index in [0.717, 1.165) is 0 Å². The Morgan fingerprint density at radius 1 is 1.18 bits per heavy atom. The van der Waals surface area contributed by atoms with Crippen LogP contribution in [-0.4, -0.2) is 28.5 Å². The second-order valence-electron chi connectivity index (χ2n) is 6.15. The normalized spacial score (nSPS) is 11.8. The smallest absolute Gasteiger partial charge is 0.307 e. The highest BCUT2D eigenvalue weighted by molar-refractivity contribution is 6.30. The minimum Gasteiger partial charge on any atom is -0.469 e. The number of methoxy groups -OCH3 is 1. The first-order chi connectivity index (χ1) is 13.5. The number of carbonyl (C=O) groups excluding carboxylic acids is 2. The molecule has 0 saturated carbocycles. The van der Waals surface area contributed by atoms with Crippen molar-refractivity contribution in [3.8, 4) is 0 Å². The molecule has 144 valence electrons. The van der Waals surface area contributed by atoms with Crippen molar-refractivity contribution in [2.75, 3.05) is 7.11 Å². The molecule has 3 rings (SSSR count). The number of halogens is 1. The number of ether oxygens (including phenoxy) is 1. The summed E-state index contributed by atoms with van der Waals surface area (Å²) in [5.41, 5.74) is 0.956. The van der Waals surface area contributed by atoms with Crippen LogP contribution in [0, 0.1) is 0 Å². The SMILES string of the molecule is COC(=O)CC(NC(=O)Cn1cnc2ccccc2c1=O)c1ccc(Cl)cc1. The fraction of sp³-hybridized carbons (Fsp3) is 0.200. The van der Waals surface area contributed by atoms with E-state index in [1.807, 2.05) is 0 Å². The average Bonchev–Trinajstić information content (AvgIpc) is 2.70. The second-order valence-corrected chi connectivity index (χ2v) is 6.58. The van der Waals surface area contributed by atoms with Gasteiger partial charge in [0.1, 0.15) is 6.54 Å². The van der Waals surface area contributed by atoms with E-state index in [4.69, 9.17) is 16.3 Å². The predicted octanol–water partition coefficient (Wildman–Crippen LogP) is 2.47. The van der Waals surface area contributed by atoms with Gasteiger partial charge in [-0.3, -0.25) is 19.0 Å². The summed E-state index contributed by atoms with van der Waals surface area (Å²) >= 11 is 5.90. The summed E-state index contributed by atoms with van der Waals surface area (Å²) in [6.45, 7) is -0.220. The number of nitrogens with one attached hydrogen (secondary N) is 1. The Morgan fingerprint density at radius 3 is 2.61 bits per heavy atom. The van der Waals surface area contributed by atoms with E-state index in [9.17, 15) is 14.4 Å². The number of hydrogen-bond donors (Lipinski definition) is 1. The topological polar surface area (TPSA) is 90.3 Å². The van der Waals surface area contributed by atoms with Gasteiger partial charge in [0.25, 0.3) is 5.56 Å². The van der Waals surface area contributed by atoms with E-state index in [0.29, 0.717) is 21.5 Å². The van der Waals surface area contributed by atoms with E-state index < -0.39 is 17.9 Å². The summed E-state index contributed by atoms with van der Waals surface area (Å²) < 4.78 is 5.94. The molecule has 1 N–H and O–H groups in total. The first kappa shape index (κ1) is 19.6. The van der Waals surface area contributed by atoms with Crippen molar-refractivity contribution in [1.82, 2.24) is 14.9 Å². The van der Waals surface area contributed by atoms with Gasteiger partial charge in [0.05, 0.1) is 36.8 Å². The van der Waals surface area contributed by atoms with Gasteiger partial charge in [-0.15, -0.1) is 0 Å². The highest BCUT2D eigenvalue weighted by atomic mass is 35.5. The largest absolute Gasteiger partial charge is 0.469 e. The molecule has 0 aliphatic heterocycles. The van der Waals surface area contributed by atoms with Crippen LogP contribution in [0.1, 0.15) is 18.0 Å². The molecule has 0 radical (unpaired) electrons. The zero-order valence-electron chi connectivity index (χ0n) is 15.1. The van der Waals surface area contributed by atoms with Crippen molar-refractivity contribution in [3.05, 3.63) is 75.8 Å². The molecule has 1 aromatic heterocycles. The zero-order valence-corrected chi connectivity index (χ0v) is 15.8. The summed E-state index contributed by atoms with van der Waals surface area (Å²) in [4.78, 5) is 41.0. The average molecular weight is 400 g/mol. The predicted molar refractivity (Wildman–Crippen MR) is 105 cm³/mol. The molecule has 8 heteroatoms. The molecule has 1 heterocycles. The highest BCUT2D eigenvalue weighted by Crippen LogP contribution is 2.20. The van der Waals surface area contributed by atoms with Crippen LogP contribution in [0.4, 0.5) is 0 Å². The minimum atomic E-state index is -0.610. The Kier molecular flexibility index (Phi) is 6.06. The number of hydrogen-bond acceptors (Lipinski definition) is 5. The van der Waals surface area contributed by atoms with Gasteiger partial charge in [0, 0.05) is 5.02 Å². The van der Waals surface area contributed by atoms with E-state index in [2.05, 4.69) is 10.3 Å². The maximum Gasteiger partial charge on any atom is 0.307 e. The Balaban J connectivity index is 1.80. The molecule has 0 aliphatic carbocycles. The van der Waals surface area contributed by atoms with Gasteiger partial charge in [-0.1, -0.05) is 35.9 Å². The molecular formula is C20H18ClN3O4. The lowest BCUT2D eigenvalue weighted by atomic mass is 10.0. The Morgan fingerprint density at radius 2 is 1.89 bits per heavy atom. The second kappa shape index (κ2) is 8.67. The molecule has 0 saturated heterocycles.